The summed E-state index contributed by atoms with van der Waals surface area (Å²) in [7, 11) is 0. The summed E-state index contributed by atoms with van der Waals surface area (Å²) in [5.74, 6) is -1.17. The molecule has 42 valence electrons. The molecule has 0 atom stereocenters. The second kappa shape index (κ2) is 2.80. The molecule has 0 unspecified atom stereocenters. The van der Waals surface area contributed by atoms with Crippen molar-refractivity contribution < 1.29 is 9.90 Å². The maximum absolute atomic E-state index is 9.87. The molecule has 0 aromatic rings. The van der Waals surface area contributed by atoms with E-state index in [2.05, 4.69) is 0 Å². The lowest BCUT2D eigenvalue weighted by atomic mass is 10.3. The van der Waals surface area contributed by atoms with Crippen LogP contribution in [0.1, 0.15) is 6.92 Å². The molecule has 3 heteroatoms. The fraction of sp³-hybridized carbons (Fsp3) is 0.200. The lowest BCUT2D eigenvalue weighted by Gasteiger charge is -1.80. The highest BCUT2D eigenvalue weighted by atomic mass is 16.4. The van der Waals surface area contributed by atoms with Crippen LogP contribution in [0.3, 0.4) is 0 Å². The van der Waals surface area contributed by atoms with E-state index in [-0.39, 0.29) is 5.57 Å². The highest BCUT2D eigenvalue weighted by Gasteiger charge is 2.00. The summed E-state index contributed by atoms with van der Waals surface area (Å²) in [4.78, 5) is 9.87. The Morgan fingerprint density at radius 2 is 2.38 bits per heavy atom. The standard InChI is InChI=1S/C5H5NO2/c1-2-4(3-6)5(7)8/h2H,1H3,(H,7,8)/b4-2+. The second-order valence-electron chi connectivity index (χ2n) is 1.12. The molecule has 0 heterocycles. The molecule has 1 N–H and O–H groups in total. The van der Waals surface area contributed by atoms with Gasteiger partial charge >= 0.3 is 5.97 Å². The Labute approximate surface area is 46.9 Å². The van der Waals surface area contributed by atoms with Gasteiger partial charge in [0.1, 0.15) is 11.6 Å². The van der Waals surface area contributed by atoms with Crippen LogP contribution in [0.15, 0.2) is 11.6 Å². The highest BCUT2D eigenvalue weighted by Crippen LogP contribution is 1.88. The number of carboxylic acids is 1. The van der Waals surface area contributed by atoms with Crippen molar-refractivity contribution in [2.75, 3.05) is 0 Å². The minimum Gasteiger partial charge on any atom is -0.477 e. The molecule has 0 spiro atoms. The zero-order valence-electron chi connectivity index (χ0n) is 4.38. The minimum absolute atomic E-state index is 0.218. The van der Waals surface area contributed by atoms with Crippen LogP contribution in [-0.4, -0.2) is 11.1 Å². The summed E-state index contributed by atoms with van der Waals surface area (Å²) in [6, 6.07) is 1.51. The molecule has 0 aromatic carbocycles. The molecule has 0 saturated carbocycles. The van der Waals surface area contributed by atoms with Gasteiger partial charge in [-0.05, 0) is 6.92 Å². The van der Waals surface area contributed by atoms with E-state index in [0.29, 0.717) is 0 Å². The van der Waals surface area contributed by atoms with Crippen molar-refractivity contribution in [3.63, 3.8) is 0 Å². The van der Waals surface area contributed by atoms with Gasteiger partial charge in [-0.15, -0.1) is 0 Å². The molecule has 0 rings (SSSR count). The zero-order chi connectivity index (χ0) is 6.57. The summed E-state index contributed by atoms with van der Waals surface area (Å²) in [5, 5.41) is 16.1. The Balaban J connectivity index is 4.20. The van der Waals surface area contributed by atoms with E-state index in [0.717, 1.165) is 0 Å². The Morgan fingerprint density at radius 3 is 2.38 bits per heavy atom. The fourth-order valence-electron chi connectivity index (χ4n) is 0.236. The van der Waals surface area contributed by atoms with Gasteiger partial charge in [-0.3, -0.25) is 0 Å². The summed E-state index contributed by atoms with van der Waals surface area (Å²) in [6.07, 6.45) is 1.25. The first-order valence-corrected chi connectivity index (χ1v) is 2.02. The van der Waals surface area contributed by atoms with Crippen LogP contribution in [0.25, 0.3) is 0 Å². The van der Waals surface area contributed by atoms with Gasteiger partial charge in [-0.2, -0.15) is 5.26 Å². The van der Waals surface area contributed by atoms with Crippen molar-refractivity contribution in [3.05, 3.63) is 11.6 Å². The lowest BCUT2D eigenvalue weighted by Crippen LogP contribution is -1.96. The normalized spacial score (nSPS) is 10.2. The van der Waals surface area contributed by atoms with Crippen LogP contribution in [0, 0.1) is 11.3 Å². The van der Waals surface area contributed by atoms with Crippen LogP contribution < -0.4 is 0 Å². The predicted octanol–water partition coefficient (Wildman–Crippen LogP) is 0.541. The van der Waals surface area contributed by atoms with Gasteiger partial charge in [0.2, 0.25) is 0 Å². The number of aliphatic carboxylic acids is 1. The van der Waals surface area contributed by atoms with Crippen molar-refractivity contribution in [2.45, 2.75) is 6.92 Å². The molecular weight excluding hydrogens is 106 g/mol. The largest absolute Gasteiger partial charge is 0.477 e. The average molecular weight is 111 g/mol. The molecule has 0 aliphatic heterocycles. The van der Waals surface area contributed by atoms with Crippen LogP contribution in [-0.2, 0) is 4.79 Å². The Bertz CT molecular complexity index is 164. The Kier molecular flexibility index (Phi) is 2.35. The van der Waals surface area contributed by atoms with Crippen molar-refractivity contribution in [2.24, 2.45) is 0 Å². The fourth-order valence-corrected chi connectivity index (χ4v) is 0.236. The maximum atomic E-state index is 9.87. The smallest absolute Gasteiger partial charge is 0.346 e. The average Bonchev–Trinajstić information content (AvgIpc) is 1.69. The molecule has 0 fully saturated rings. The quantitative estimate of drug-likeness (QED) is 0.397. The number of rotatable bonds is 1. The molecule has 3 nitrogen and oxygen atoms in total. The third kappa shape index (κ3) is 1.43. The Morgan fingerprint density at radius 1 is 1.88 bits per heavy atom. The molecule has 0 aliphatic carbocycles. The first-order chi connectivity index (χ1) is 3.72. The van der Waals surface area contributed by atoms with Gasteiger partial charge in [0.25, 0.3) is 0 Å². The van der Waals surface area contributed by atoms with E-state index >= 15 is 0 Å². The minimum atomic E-state index is -1.17. The SMILES string of the molecule is C/C=C(\C#N)C(=O)O. The molecule has 0 radical (unpaired) electrons. The van der Waals surface area contributed by atoms with Gasteiger partial charge in [0, 0.05) is 0 Å². The first-order valence-electron chi connectivity index (χ1n) is 2.02. The molecule has 8 heavy (non-hydrogen) atoms. The van der Waals surface area contributed by atoms with Gasteiger partial charge in [0.15, 0.2) is 0 Å². The van der Waals surface area contributed by atoms with Gasteiger partial charge in [-0.25, -0.2) is 4.79 Å². The highest BCUT2D eigenvalue weighted by molar-refractivity contribution is 5.90. The Hall–Kier alpha value is -1.30. The number of carbonyl (C=O) groups is 1. The monoisotopic (exact) mass is 111 g/mol. The van der Waals surface area contributed by atoms with Crippen molar-refractivity contribution >= 4 is 5.97 Å². The number of hydrogen-bond acceptors (Lipinski definition) is 2. The van der Waals surface area contributed by atoms with E-state index < -0.39 is 5.97 Å². The molecular formula is C5H5NO2. The number of nitrogens with zero attached hydrogens (tertiary/aromatic N) is 1. The summed E-state index contributed by atoms with van der Waals surface area (Å²) < 4.78 is 0. The number of allylic oxidation sites excluding steroid dienone is 1. The molecule has 0 amide bonds. The third-order valence-electron chi connectivity index (χ3n) is 0.640. The number of hydrogen-bond donors (Lipinski definition) is 1. The van der Waals surface area contributed by atoms with Crippen LogP contribution in [0.5, 0.6) is 0 Å². The van der Waals surface area contributed by atoms with E-state index in [9.17, 15) is 4.79 Å². The first kappa shape index (κ1) is 6.70. The third-order valence-corrected chi connectivity index (χ3v) is 0.640. The van der Waals surface area contributed by atoms with Crippen LogP contribution >= 0.6 is 0 Å². The molecule has 0 bridgehead atoms. The van der Waals surface area contributed by atoms with Crippen molar-refractivity contribution in [3.8, 4) is 6.07 Å². The summed E-state index contributed by atoms with van der Waals surface area (Å²) >= 11 is 0. The predicted molar refractivity (Wildman–Crippen MR) is 27.0 cm³/mol. The molecule has 0 aromatic heterocycles. The van der Waals surface area contributed by atoms with E-state index in [4.69, 9.17) is 10.4 Å². The summed E-state index contributed by atoms with van der Waals surface area (Å²) in [6.45, 7) is 1.51. The zero-order valence-corrected chi connectivity index (χ0v) is 4.38. The number of nitriles is 1. The maximum Gasteiger partial charge on any atom is 0.346 e. The van der Waals surface area contributed by atoms with E-state index in [1.165, 1.54) is 19.1 Å². The van der Waals surface area contributed by atoms with Gasteiger partial charge in [0.05, 0.1) is 0 Å². The van der Waals surface area contributed by atoms with Gasteiger partial charge in [-0.1, -0.05) is 6.08 Å². The van der Waals surface area contributed by atoms with Crippen LogP contribution in [0.2, 0.25) is 0 Å². The summed E-state index contributed by atoms with van der Waals surface area (Å²) in [5.41, 5.74) is -0.218. The second-order valence-corrected chi connectivity index (χ2v) is 1.12. The van der Waals surface area contributed by atoms with Gasteiger partial charge < -0.3 is 5.11 Å². The van der Waals surface area contributed by atoms with Crippen molar-refractivity contribution in [1.82, 2.24) is 0 Å². The topological polar surface area (TPSA) is 61.1 Å². The van der Waals surface area contributed by atoms with E-state index in [1.54, 1.807) is 0 Å². The lowest BCUT2D eigenvalue weighted by molar-refractivity contribution is -0.132. The molecule has 0 aliphatic rings. The molecule has 0 saturated heterocycles. The van der Waals surface area contributed by atoms with Crippen molar-refractivity contribution in [1.29, 1.82) is 5.26 Å². The van der Waals surface area contributed by atoms with E-state index in [1.807, 2.05) is 0 Å². The number of carboxylic acid groups (broad SMARTS) is 1. The van der Waals surface area contributed by atoms with Crippen LogP contribution in [0.4, 0.5) is 0 Å².